The zero-order valence-corrected chi connectivity index (χ0v) is 66.2. The van der Waals surface area contributed by atoms with Crippen LogP contribution in [0.1, 0.15) is 182 Å². The minimum Gasteiger partial charge on any atom is -0.494 e. The van der Waals surface area contributed by atoms with E-state index in [2.05, 4.69) is 33.3 Å². The number of fused-ring (bicyclic) bond motifs is 8. The number of nitrogens with zero attached hydrogens (tertiary/aromatic N) is 4. The molecule has 24 nitrogen and oxygen atoms in total. The number of halogens is 2. The lowest BCUT2D eigenvalue weighted by molar-refractivity contribution is -0.155. The van der Waals surface area contributed by atoms with E-state index < -0.39 is 113 Å². The van der Waals surface area contributed by atoms with Crippen molar-refractivity contribution in [2.24, 2.45) is 81.8 Å². The maximum atomic E-state index is 15.3. The first-order chi connectivity index (χ1) is 53.5. The monoisotopic (exact) mass is 1590 g/mol. The molecule has 28 heteroatoms. The largest absolute Gasteiger partial charge is 0.494 e. The Balaban J connectivity index is 0.000000177. The molecule has 604 valence electrons. The molecule has 2 unspecified atom stereocenters. The first kappa shape index (κ1) is 79.1. The van der Waals surface area contributed by atoms with Gasteiger partial charge in [0.1, 0.15) is 24.4 Å². The zero-order chi connectivity index (χ0) is 79.0. The Morgan fingerprint density at radius 2 is 0.884 bits per heavy atom. The average molecular weight is 1590 g/mol. The topological polar surface area (TPSA) is 317 Å². The number of carbonyl (C=O) groups excluding carboxylic acids is 8. The molecule has 2 N–H and O–H groups in total. The highest BCUT2D eigenvalue weighted by molar-refractivity contribution is 7.91. The number of hydrogen-bond donors (Lipinski definition) is 2. The van der Waals surface area contributed by atoms with Crippen molar-refractivity contribution in [3.63, 3.8) is 0 Å². The Kier molecular flexibility index (Phi) is 22.3. The van der Waals surface area contributed by atoms with Gasteiger partial charge in [0.05, 0.1) is 85.4 Å². The third kappa shape index (κ3) is 16.9. The number of pyridine rings is 2. The number of methoxy groups -OCH3 is 2. The Hall–Kier alpha value is -8.14. The lowest BCUT2D eigenvalue weighted by Crippen LogP contribution is -2.47. The maximum absolute atomic E-state index is 15.3. The average Bonchev–Trinajstić information content (AvgIpc) is 1.57. The molecule has 2 aromatic heterocycles. The number of Topliss-reactive ketones (excluding diaryl/α,β-unsaturated/α-hetero) is 2. The second-order valence-electron chi connectivity index (χ2n) is 35.1. The molecule has 12 aliphatic rings. The number of ketones is 2. The fraction of sp³-hybridized carbons (Fsp3) is 0.643. The van der Waals surface area contributed by atoms with E-state index in [1.165, 1.54) is 73.5 Å². The number of hydrogen-bond acceptors (Lipinski definition) is 20. The van der Waals surface area contributed by atoms with Crippen LogP contribution in [0.15, 0.2) is 73.1 Å². The summed E-state index contributed by atoms with van der Waals surface area (Å²) < 4.78 is 122. The van der Waals surface area contributed by atoms with Crippen LogP contribution in [-0.4, -0.2) is 158 Å². The number of ether oxygens (including phenoxy) is 6. The Morgan fingerprint density at radius 1 is 0.500 bits per heavy atom. The van der Waals surface area contributed by atoms with Gasteiger partial charge in [-0.05, 0) is 211 Å². The van der Waals surface area contributed by atoms with Crippen LogP contribution in [0, 0.1) is 93.5 Å². The van der Waals surface area contributed by atoms with Gasteiger partial charge in [0.15, 0.2) is 34.7 Å². The van der Waals surface area contributed by atoms with Crippen LogP contribution in [0.5, 0.6) is 23.3 Å². The number of benzene rings is 2. The lowest BCUT2D eigenvalue weighted by Gasteiger charge is -2.32. The summed E-state index contributed by atoms with van der Waals surface area (Å²) in [7, 11) is -4.99. The van der Waals surface area contributed by atoms with Gasteiger partial charge in [-0.25, -0.2) is 35.6 Å². The van der Waals surface area contributed by atoms with E-state index >= 15 is 8.78 Å². The molecule has 112 heavy (non-hydrogen) atoms. The zero-order valence-electron chi connectivity index (χ0n) is 64.6. The molecular weight excluding hydrogens is 1480 g/mol. The van der Waals surface area contributed by atoms with Crippen LogP contribution in [0.3, 0.4) is 0 Å². The van der Waals surface area contributed by atoms with Gasteiger partial charge < -0.3 is 38.2 Å². The molecule has 8 aliphatic carbocycles. The molecule has 10 fully saturated rings. The van der Waals surface area contributed by atoms with Crippen LogP contribution in [0.25, 0.3) is 21.5 Å². The number of nitrogens with one attached hydrogen (secondary N) is 2. The molecule has 4 amide bonds. The number of aromatic nitrogens is 2. The van der Waals surface area contributed by atoms with Crippen molar-refractivity contribution < 1.29 is 92.4 Å². The predicted octanol–water partition coefficient (Wildman–Crippen LogP) is 11.3. The summed E-state index contributed by atoms with van der Waals surface area (Å²) in [5.41, 5.74) is -2.55. The van der Waals surface area contributed by atoms with Crippen molar-refractivity contribution >= 4 is 88.7 Å². The maximum Gasteiger partial charge on any atom is 0.306 e. The Morgan fingerprint density at radius 3 is 1.25 bits per heavy atom. The summed E-state index contributed by atoms with van der Waals surface area (Å²) in [6.07, 6.45) is 21.0. The minimum absolute atomic E-state index is 0.00959. The summed E-state index contributed by atoms with van der Waals surface area (Å²) in [4.78, 5) is 126. The van der Waals surface area contributed by atoms with Crippen molar-refractivity contribution in [1.29, 1.82) is 0 Å². The number of rotatable bonds is 18. The van der Waals surface area contributed by atoms with E-state index in [0.717, 1.165) is 38.5 Å². The first-order valence-corrected chi connectivity index (χ1v) is 43.7. The highest BCUT2D eigenvalue weighted by Crippen LogP contribution is 2.60. The second kappa shape index (κ2) is 31.6. The Labute approximate surface area is 652 Å². The van der Waals surface area contributed by atoms with E-state index in [-0.39, 0.29) is 157 Å². The summed E-state index contributed by atoms with van der Waals surface area (Å²) in [6.45, 7) is 8.17. The highest BCUT2D eigenvalue weighted by Gasteiger charge is 2.64. The first-order valence-electron chi connectivity index (χ1n) is 40.6. The van der Waals surface area contributed by atoms with Crippen LogP contribution in [0.2, 0.25) is 0 Å². The Bertz CT molecular complexity index is 4380. The standard InChI is InChI=1S/2C42H52FN3O9S/c2*1-23-6-4-5-7-27-20-42(27,41(50)45-56(51,52)30-8-9-30)21-35(47)34-18-29(55-39-32-10-11-36(53-3)38(43)31(32)12-13-44-39)22-46(34)40(49)33(24(2)14-23)19-37(48)54-28-16-25-15-26(25)17-28/h2*5,7,10-13,23-30,33-34H,4,6,8-9,14-22H2,1-3H3,(H,45,50)/b2*7-5-/t23-,24+,25-,26+,27+,28?,29+,33-,34-,42+;23-,24-,25-,26+,27-,28?,29-,33+,34+,42-/m01/s1. The van der Waals surface area contributed by atoms with Gasteiger partial charge in [0.25, 0.3) is 0 Å². The summed E-state index contributed by atoms with van der Waals surface area (Å²) in [6, 6.07) is 7.22. The van der Waals surface area contributed by atoms with E-state index in [9.17, 15) is 55.2 Å². The molecule has 6 heterocycles. The van der Waals surface area contributed by atoms with Gasteiger partial charge in [0.2, 0.25) is 55.4 Å². The fourth-order valence-corrected chi connectivity index (χ4v) is 22.2. The number of esters is 2. The van der Waals surface area contributed by atoms with Crippen molar-refractivity contribution in [2.75, 3.05) is 27.3 Å². The normalized spacial score (nSPS) is 35.0. The van der Waals surface area contributed by atoms with Gasteiger partial charge in [-0.2, -0.15) is 0 Å². The molecule has 4 aromatic rings. The van der Waals surface area contributed by atoms with E-state index in [4.69, 9.17) is 28.4 Å². The molecule has 16 rings (SSSR count). The number of amides is 4. The van der Waals surface area contributed by atoms with Crippen molar-refractivity contribution in [2.45, 2.75) is 229 Å². The van der Waals surface area contributed by atoms with Crippen LogP contribution >= 0.6 is 0 Å². The molecule has 0 spiro atoms. The van der Waals surface area contributed by atoms with E-state index in [0.29, 0.717) is 98.7 Å². The molecule has 2 saturated heterocycles. The molecule has 0 radical (unpaired) electrons. The molecule has 20 atom stereocenters. The van der Waals surface area contributed by atoms with Crippen LogP contribution in [-0.2, 0) is 67.9 Å². The fourth-order valence-electron chi connectivity index (χ4n) is 19.5. The molecule has 0 bridgehead atoms. The van der Waals surface area contributed by atoms with Crippen molar-refractivity contribution in [3.8, 4) is 23.3 Å². The minimum atomic E-state index is -3.87. The molecule has 4 aliphatic heterocycles. The number of sulfonamides is 2. The quantitative estimate of drug-likeness (QED) is 0.0690. The lowest BCUT2D eigenvalue weighted by atomic mass is 9.82. The summed E-state index contributed by atoms with van der Waals surface area (Å²) in [5.74, 6) is -4.28. The molecule has 8 saturated carbocycles. The third-order valence-corrected chi connectivity index (χ3v) is 30.3. The summed E-state index contributed by atoms with van der Waals surface area (Å²) >= 11 is 0. The van der Waals surface area contributed by atoms with Gasteiger partial charge in [0, 0.05) is 59.6 Å². The van der Waals surface area contributed by atoms with Gasteiger partial charge in [-0.15, -0.1) is 0 Å². The smallest absolute Gasteiger partial charge is 0.306 e. The summed E-state index contributed by atoms with van der Waals surface area (Å²) in [5, 5.41) is 0.0209. The van der Waals surface area contributed by atoms with Crippen LogP contribution in [0.4, 0.5) is 8.78 Å². The predicted molar refractivity (Wildman–Crippen MR) is 406 cm³/mol. The van der Waals surface area contributed by atoms with E-state index in [1.807, 2.05) is 38.2 Å². The SMILES string of the molecule is COc1ccc2c(O[C@@H]3C[C@H]4C(=O)C[C@]5(C(=O)NS(=O)(=O)C6CC6)C[C@H]5/C=C\CC[C@@H](C)C[C@@H](C)[C@H](CC(=O)OC5C[C@@H]6C[C@@H]6C5)C(=O)N4C3)nccc2c1F.COc1ccc2c(O[C@@H]3C[C@H]4C(=O)C[C@]5(C(=O)NS(=O)(=O)C6CC6)C[C@H]5/C=C\CC[C@H](C)C[C@@H](C)[C@H](CC(=O)OC5C[C@@H]6C[C@@H]6C5)C(=O)N4C3)nccc2c1F. The van der Waals surface area contributed by atoms with Gasteiger partial charge in [-0.3, -0.25) is 47.8 Å². The van der Waals surface area contributed by atoms with Gasteiger partial charge in [-0.1, -0.05) is 52.0 Å². The van der Waals surface area contributed by atoms with E-state index in [1.54, 1.807) is 12.1 Å². The molecular formula is C84H104F2N6O18S2. The number of carbonyl (C=O) groups is 8. The van der Waals surface area contributed by atoms with Crippen molar-refractivity contribution in [1.82, 2.24) is 29.2 Å². The number of allylic oxidation sites excluding steroid dienone is 4. The second-order valence-corrected chi connectivity index (χ2v) is 39.0. The van der Waals surface area contributed by atoms with Crippen LogP contribution < -0.4 is 28.4 Å². The van der Waals surface area contributed by atoms with Crippen molar-refractivity contribution in [3.05, 3.63) is 84.7 Å². The third-order valence-electron chi connectivity index (χ3n) is 26.7. The highest BCUT2D eigenvalue weighted by atomic mass is 32.2. The molecule has 2 aromatic carbocycles. The van der Waals surface area contributed by atoms with Gasteiger partial charge >= 0.3 is 11.9 Å².